The Morgan fingerprint density at radius 3 is 2.50 bits per heavy atom. The van der Waals surface area contributed by atoms with Crippen molar-refractivity contribution >= 4 is 29.2 Å². The molecule has 0 bridgehead atoms. The zero-order valence-electron chi connectivity index (χ0n) is 13.0. The summed E-state index contributed by atoms with van der Waals surface area (Å²) in [7, 11) is -1.53. The molecule has 0 radical (unpaired) electrons. The molecule has 0 spiro atoms. The minimum absolute atomic E-state index is 0.234. The molecule has 0 fully saturated rings. The number of benzene rings is 1. The summed E-state index contributed by atoms with van der Waals surface area (Å²) in [5, 5.41) is 0. The maximum absolute atomic E-state index is 6.16. The van der Waals surface area contributed by atoms with E-state index in [0.717, 1.165) is 3.81 Å². The number of unbranched alkanes of at least 4 members (excludes halogenated alkanes) is 1. The van der Waals surface area contributed by atoms with Crippen LogP contribution in [-0.4, -0.2) is 29.2 Å². The molecule has 0 saturated carbocycles. The van der Waals surface area contributed by atoms with Crippen LogP contribution in [0, 0.1) is 0 Å². The first-order valence-electron chi connectivity index (χ1n) is 7.19. The zero-order chi connectivity index (χ0) is 14.8. The van der Waals surface area contributed by atoms with Gasteiger partial charge < -0.3 is 0 Å². The van der Waals surface area contributed by atoms with Gasteiger partial charge in [-0.25, -0.2) is 0 Å². The first-order valence-corrected chi connectivity index (χ1v) is 13.4. The summed E-state index contributed by atoms with van der Waals surface area (Å²) in [4.78, 5) is 0. The second kappa shape index (κ2) is 9.49. The monoisotopic (exact) mass is 408 g/mol. The Hall–Kier alpha value is -0.434. The molecule has 0 aliphatic carbocycles. The van der Waals surface area contributed by atoms with Gasteiger partial charge >= 0.3 is 135 Å². The minimum atomic E-state index is -1.53. The Kier molecular flexibility index (Phi) is 8.36. The van der Waals surface area contributed by atoms with Gasteiger partial charge in [0.1, 0.15) is 0 Å². The Balaban J connectivity index is 2.50. The number of hydrogen-bond donors (Lipinski definition) is 0. The molecule has 4 heteroatoms. The third-order valence-corrected chi connectivity index (χ3v) is 6.44. The molecule has 112 valence electrons. The maximum atomic E-state index is 6.16. The Morgan fingerprint density at radius 1 is 1.20 bits per heavy atom. The molecule has 1 aromatic rings. The molecule has 0 atom stereocenters. The molecular formula is C16H26O2SiTe. The van der Waals surface area contributed by atoms with E-state index in [2.05, 4.69) is 38.7 Å². The topological polar surface area (TPSA) is 18.5 Å². The second-order valence-electron chi connectivity index (χ2n) is 5.65. The van der Waals surface area contributed by atoms with Crippen molar-refractivity contribution in [2.75, 3.05) is 0 Å². The summed E-state index contributed by atoms with van der Waals surface area (Å²) in [6.07, 6.45) is 4.44. The van der Waals surface area contributed by atoms with Gasteiger partial charge in [0, 0.05) is 0 Å². The SMILES string of the molecule is CCCC[Te]/C(=C\OCc1ccccc1)O[Si](C)(C)C. The van der Waals surface area contributed by atoms with Crippen LogP contribution in [0.25, 0.3) is 0 Å². The van der Waals surface area contributed by atoms with E-state index >= 15 is 0 Å². The number of ether oxygens (including phenoxy) is 1. The van der Waals surface area contributed by atoms with Gasteiger partial charge in [0.15, 0.2) is 0 Å². The van der Waals surface area contributed by atoms with Crippen molar-refractivity contribution in [1.82, 2.24) is 0 Å². The van der Waals surface area contributed by atoms with Crippen molar-refractivity contribution < 1.29 is 9.16 Å². The molecule has 0 aliphatic rings. The van der Waals surface area contributed by atoms with Gasteiger partial charge in [0.05, 0.1) is 0 Å². The van der Waals surface area contributed by atoms with Gasteiger partial charge in [-0.1, -0.05) is 0 Å². The molecule has 0 saturated heterocycles. The fourth-order valence-electron chi connectivity index (χ4n) is 1.49. The van der Waals surface area contributed by atoms with Crippen LogP contribution in [0.3, 0.4) is 0 Å². The van der Waals surface area contributed by atoms with Crippen LogP contribution in [0.15, 0.2) is 40.4 Å². The van der Waals surface area contributed by atoms with Crippen LogP contribution in [-0.2, 0) is 15.8 Å². The van der Waals surface area contributed by atoms with Gasteiger partial charge in [-0.05, 0) is 0 Å². The van der Waals surface area contributed by atoms with E-state index in [0.29, 0.717) is 6.61 Å². The van der Waals surface area contributed by atoms with Crippen LogP contribution in [0.2, 0.25) is 24.1 Å². The first kappa shape index (κ1) is 17.6. The summed E-state index contributed by atoms with van der Waals surface area (Å²) in [6, 6.07) is 10.3. The number of hydrogen-bond acceptors (Lipinski definition) is 2. The quantitative estimate of drug-likeness (QED) is 0.334. The predicted octanol–water partition coefficient (Wildman–Crippen LogP) is 4.78. The fourth-order valence-corrected chi connectivity index (χ4v) is 7.04. The van der Waals surface area contributed by atoms with Gasteiger partial charge in [-0.2, -0.15) is 0 Å². The molecule has 20 heavy (non-hydrogen) atoms. The van der Waals surface area contributed by atoms with Gasteiger partial charge in [0.2, 0.25) is 0 Å². The summed E-state index contributed by atoms with van der Waals surface area (Å²) in [5.74, 6) is 0. The van der Waals surface area contributed by atoms with E-state index < -0.39 is 8.32 Å². The molecular weight excluding hydrogens is 380 g/mol. The number of rotatable bonds is 9. The molecule has 2 nitrogen and oxygen atoms in total. The molecule has 0 N–H and O–H groups in total. The molecule has 0 heterocycles. The van der Waals surface area contributed by atoms with Crippen molar-refractivity contribution in [3.63, 3.8) is 0 Å². The Morgan fingerprint density at radius 2 is 1.90 bits per heavy atom. The first-order chi connectivity index (χ1) is 9.51. The Labute approximate surface area is 134 Å². The predicted molar refractivity (Wildman–Crippen MR) is 89.2 cm³/mol. The van der Waals surface area contributed by atoms with Crippen LogP contribution in [0.5, 0.6) is 0 Å². The average molecular weight is 406 g/mol. The van der Waals surface area contributed by atoms with Gasteiger partial charge in [0.25, 0.3) is 0 Å². The summed E-state index contributed by atoms with van der Waals surface area (Å²) < 4.78 is 14.3. The van der Waals surface area contributed by atoms with Crippen LogP contribution in [0.1, 0.15) is 25.3 Å². The van der Waals surface area contributed by atoms with Crippen LogP contribution >= 0.6 is 0 Å². The van der Waals surface area contributed by atoms with Crippen molar-refractivity contribution in [3.8, 4) is 0 Å². The molecule has 0 unspecified atom stereocenters. The van der Waals surface area contributed by atoms with Crippen molar-refractivity contribution in [2.24, 2.45) is 0 Å². The average Bonchev–Trinajstić information content (AvgIpc) is 2.38. The van der Waals surface area contributed by atoms with Gasteiger partial charge in [-0.15, -0.1) is 0 Å². The fraction of sp³-hybridized carbons (Fsp3) is 0.500. The van der Waals surface area contributed by atoms with E-state index in [4.69, 9.17) is 9.16 Å². The van der Waals surface area contributed by atoms with E-state index in [1.54, 1.807) is 0 Å². The third kappa shape index (κ3) is 8.68. The van der Waals surface area contributed by atoms with Crippen molar-refractivity contribution in [3.05, 3.63) is 46.0 Å². The summed E-state index contributed by atoms with van der Waals surface area (Å²) in [6.45, 7) is 9.54. The summed E-state index contributed by atoms with van der Waals surface area (Å²) >= 11 is -0.234. The van der Waals surface area contributed by atoms with E-state index in [9.17, 15) is 0 Å². The van der Waals surface area contributed by atoms with E-state index in [1.165, 1.54) is 22.9 Å². The molecule has 0 aliphatic heterocycles. The van der Waals surface area contributed by atoms with E-state index in [1.807, 2.05) is 24.5 Å². The van der Waals surface area contributed by atoms with Gasteiger partial charge in [-0.3, -0.25) is 0 Å². The van der Waals surface area contributed by atoms with Crippen LogP contribution in [0.4, 0.5) is 0 Å². The van der Waals surface area contributed by atoms with Crippen molar-refractivity contribution in [1.29, 1.82) is 0 Å². The molecule has 1 rings (SSSR count). The van der Waals surface area contributed by atoms with E-state index in [-0.39, 0.29) is 20.9 Å². The third-order valence-electron chi connectivity index (χ3n) is 2.42. The van der Waals surface area contributed by atoms with Crippen LogP contribution < -0.4 is 0 Å². The van der Waals surface area contributed by atoms with Crippen molar-refractivity contribution in [2.45, 2.75) is 50.5 Å². The Bertz CT molecular complexity index is 399. The molecule has 1 aromatic carbocycles. The standard InChI is InChI=1S/C16H26O2SiTe/c1-5-6-12-20-16(18-19(2,3)4)14-17-13-15-10-8-7-9-11-15/h7-11,14H,5-6,12-13H2,1-4H3/b16-14-. The normalized spacial score (nSPS) is 12.3. The molecule has 0 aromatic heterocycles. The zero-order valence-corrected chi connectivity index (χ0v) is 16.3. The summed E-state index contributed by atoms with van der Waals surface area (Å²) in [5.41, 5.74) is 1.20. The molecule has 0 amide bonds. The second-order valence-corrected chi connectivity index (χ2v) is 13.2.